The summed E-state index contributed by atoms with van der Waals surface area (Å²) in [4.78, 5) is 21.6. The van der Waals surface area contributed by atoms with Gasteiger partial charge in [0.2, 0.25) is 5.91 Å². The molecule has 0 bridgehead atoms. The van der Waals surface area contributed by atoms with E-state index in [9.17, 15) is 18.0 Å². The number of hydrogen-bond acceptors (Lipinski definition) is 5. The smallest absolute Gasteiger partial charge is 0.303 e. The van der Waals surface area contributed by atoms with Crippen LogP contribution in [0.3, 0.4) is 0 Å². The van der Waals surface area contributed by atoms with Crippen molar-refractivity contribution in [2.45, 2.75) is 25.3 Å². The average molecular weight is 278 g/mol. The van der Waals surface area contributed by atoms with Gasteiger partial charge < -0.3 is 15.7 Å². The average Bonchev–Trinajstić information content (AvgIpc) is 2.57. The molecule has 1 fully saturated rings. The number of nitrogens with one attached hydrogen (secondary N) is 2. The van der Waals surface area contributed by atoms with Crippen LogP contribution in [0.1, 0.15) is 19.3 Å². The molecule has 0 radical (unpaired) electrons. The molecule has 1 heterocycles. The standard InChI is InChI=1S/C10H18N2O5S/c13-9(6-11-4-1-2-10(14)15)12-8-3-5-18(16,17)7-8/h8,11H,1-7H2,(H,12,13)(H,14,15). The Bertz CT molecular complexity index is 406. The lowest BCUT2D eigenvalue weighted by atomic mass is 10.2. The number of hydrogen-bond donors (Lipinski definition) is 3. The summed E-state index contributed by atoms with van der Waals surface area (Å²) in [6, 6.07) is -0.289. The van der Waals surface area contributed by atoms with Crippen LogP contribution < -0.4 is 10.6 Å². The van der Waals surface area contributed by atoms with Gasteiger partial charge in [-0.2, -0.15) is 0 Å². The zero-order valence-electron chi connectivity index (χ0n) is 10.0. The highest BCUT2D eigenvalue weighted by Gasteiger charge is 2.28. The monoisotopic (exact) mass is 278 g/mol. The highest BCUT2D eigenvalue weighted by molar-refractivity contribution is 7.91. The molecular formula is C10H18N2O5S. The first-order valence-corrected chi connectivity index (χ1v) is 7.63. The summed E-state index contributed by atoms with van der Waals surface area (Å²) in [5.41, 5.74) is 0. The van der Waals surface area contributed by atoms with E-state index in [4.69, 9.17) is 5.11 Å². The Hall–Kier alpha value is -1.15. The van der Waals surface area contributed by atoms with Gasteiger partial charge in [0, 0.05) is 12.5 Å². The lowest BCUT2D eigenvalue weighted by molar-refractivity contribution is -0.137. The second-order valence-corrected chi connectivity index (χ2v) is 6.57. The zero-order valence-corrected chi connectivity index (χ0v) is 10.8. The van der Waals surface area contributed by atoms with Crippen LogP contribution in [0.15, 0.2) is 0 Å². The number of amides is 1. The van der Waals surface area contributed by atoms with Crippen molar-refractivity contribution in [2.24, 2.45) is 0 Å². The van der Waals surface area contributed by atoms with Crippen molar-refractivity contribution >= 4 is 21.7 Å². The molecule has 0 aliphatic carbocycles. The largest absolute Gasteiger partial charge is 0.481 e. The van der Waals surface area contributed by atoms with E-state index in [0.29, 0.717) is 19.4 Å². The van der Waals surface area contributed by atoms with E-state index in [1.807, 2.05) is 0 Å². The summed E-state index contributed by atoms with van der Waals surface area (Å²) in [6.45, 7) is 0.527. The highest BCUT2D eigenvalue weighted by Crippen LogP contribution is 2.10. The van der Waals surface area contributed by atoms with Crippen LogP contribution in [-0.2, 0) is 19.4 Å². The maximum absolute atomic E-state index is 11.4. The fourth-order valence-corrected chi connectivity index (χ4v) is 3.43. The van der Waals surface area contributed by atoms with Gasteiger partial charge in [0.15, 0.2) is 9.84 Å². The number of rotatable bonds is 7. The zero-order chi connectivity index (χ0) is 13.6. The Morgan fingerprint density at radius 3 is 2.61 bits per heavy atom. The van der Waals surface area contributed by atoms with E-state index < -0.39 is 15.8 Å². The van der Waals surface area contributed by atoms with Gasteiger partial charge in [-0.05, 0) is 19.4 Å². The first kappa shape index (κ1) is 14.9. The van der Waals surface area contributed by atoms with Crippen molar-refractivity contribution in [3.05, 3.63) is 0 Å². The first-order chi connectivity index (χ1) is 8.39. The third kappa shape index (κ3) is 5.97. The molecular weight excluding hydrogens is 260 g/mol. The van der Waals surface area contributed by atoms with Crippen molar-refractivity contribution in [3.63, 3.8) is 0 Å². The summed E-state index contributed by atoms with van der Waals surface area (Å²) >= 11 is 0. The molecule has 8 heteroatoms. The molecule has 1 amide bonds. The van der Waals surface area contributed by atoms with Crippen LogP contribution in [-0.4, -0.2) is 56.0 Å². The Labute approximate surface area is 106 Å². The molecule has 1 aliphatic heterocycles. The Balaban J connectivity index is 2.09. The fourth-order valence-electron chi connectivity index (χ4n) is 1.75. The maximum Gasteiger partial charge on any atom is 0.303 e. The number of aliphatic carboxylic acids is 1. The quantitative estimate of drug-likeness (QED) is 0.501. The van der Waals surface area contributed by atoms with Gasteiger partial charge in [-0.15, -0.1) is 0 Å². The van der Waals surface area contributed by atoms with Gasteiger partial charge >= 0.3 is 5.97 Å². The summed E-state index contributed by atoms with van der Waals surface area (Å²) < 4.78 is 22.3. The van der Waals surface area contributed by atoms with Crippen LogP contribution in [0.5, 0.6) is 0 Å². The van der Waals surface area contributed by atoms with Gasteiger partial charge in [0.05, 0.1) is 18.1 Å². The third-order valence-corrected chi connectivity index (χ3v) is 4.40. The topological polar surface area (TPSA) is 113 Å². The van der Waals surface area contributed by atoms with Crippen LogP contribution in [0, 0.1) is 0 Å². The number of sulfone groups is 1. The Kier molecular flexibility index (Phi) is 5.54. The van der Waals surface area contributed by atoms with E-state index >= 15 is 0 Å². The predicted octanol–water partition coefficient (Wildman–Crippen LogP) is -1.26. The van der Waals surface area contributed by atoms with Crippen LogP contribution >= 0.6 is 0 Å². The molecule has 0 spiro atoms. The van der Waals surface area contributed by atoms with Gasteiger partial charge in [-0.25, -0.2) is 8.42 Å². The van der Waals surface area contributed by atoms with E-state index in [0.717, 1.165) is 0 Å². The molecule has 0 saturated carbocycles. The molecule has 1 rings (SSSR count). The summed E-state index contributed by atoms with van der Waals surface area (Å²) in [7, 11) is -2.98. The molecule has 0 aromatic carbocycles. The van der Waals surface area contributed by atoms with Crippen LogP contribution in [0.2, 0.25) is 0 Å². The molecule has 7 nitrogen and oxygen atoms in total. The van der Waals surface area contributed by atoms with Crippen LogP contribution in [0.4, 0.5) is 0 Å². The predicted molar refractivity (Wildman–Crippen MR) is 64.9 cm³/mol. The van der Waals surface area contributed by atoms with E-state index in [1.165, 1.54) is 0 Å². The normalized spacial score (nSPS) is 21.7. The van der Waals surface area contributed by atoms with Gasteiger partial charge in [0.25, 0.3) is 0 Å². The SMILES string of the molecule is O=C(O)CCCNCC(=O)NC1CCS(=O)(=O)C1. The number of carbonyl (C=O) groups excluding carboxylic acids is 1. The van der Waals surface area contributed by atoms with Crippen molar-refractivity contribution in [1.82, 2.24) is 10.6 Å². The lowest BCUT2D eigenvalue weighted by Gasteiger charge is -2.11. The van der Waals surface area contributed by atoms with E-state index in [1.54, 1.807) is 0 Å². The van der Waals surface area contributed by atoms with E-state index in [2.05, 4.69) is 10.6 Å². The maximum atomic E-state index is 11.4. The van der Waals surface area contributed by atoms with Gasteiger partial charge in [0.1, 0.15) is 0 Å². The summed E-state index contributed by atoms with van der Waals surface area (Å²) in [5.74, 6) is -0.980. The second-order valence-electron chi connectivity index (χ2n) is 4.34. The third-order valence-electron chi connectivity index (χ3n) is 2.63. The number of carboxylic acids is 1. The minimum Gasteiger partial charge on any atom is -0.481 e. The molecule has 18 heavy (non-hydrogen) atoms. The minimum absolute atomic E-state index is 0.0117. The van der Waals surface area contributed by atoms with Gasteiger partial charge in [-0.1, -0.05) is 0 Å². The van der Waals surface area contributed by atoms with Gasteiger partial charge in [-0.3, -0.25) is 9.59 Å². The molecule has 0 aromatic heterocycles. The molecule has 1 saturated heterocycles. The van der Waals surface area contributed by atoms with Crippen molar-refractivity contribution in [3.8, 4) is 0 Å². The van der Waals surface area contributed by atoms with Crippen molar-refractivity contribution in [2.75, 3.05) is 24.6 Å². The molecule has 1 unspecified atom stereocenters. The molecule has 1 atom stereocenters. The molecule has 1 aliphatic rings. The Morgan fingerprint density at radius 2 is 2.06 bits per heavy atom. The molecule has 104 valence electrons. The van der Waals surface area contributed by atoms with E-state index in [-0.39, 0.29) is 36.4 Å². The highest BCUT2D eigenvalue weighted by atomic mass is 32.2. The fraction of sp³-hybridized carbons (Fsp3) is 0.800. The van der Waals surface area contributed by atoms with Crippen molar-refractivity contribution in [1.29, 1.82) is 0 Å². The summed E-state index contributed by atoms with van der Waals surface area (Å²) in [6.07, 6.45) is 0.989. The Morgan fingerprint density at radius 1 is 1.33 bits per heavy atom. The summed E-state index contributed by atoms with van der Waals surface area (Å²) in [5, 5.41) is 13.8. The lowest BCUT2D eigenvalue weighted by Crippen LogP contribution is -2.41. The van der Waals surface area contributed by atoms with Crippen molar-refractivity contribution < 1.29 is 23.1 Å². The second kappa shape index (κ2) is 6.69. The number of carbonyl (C=O) groups is 2. The number of carboxylic acid groups (broad SMARTS) is 1. The molecule has 3 N–H and O–H groups in total. The first-order valence-electron chi connectivity index (χ1n) is 5.81. The van der Waals surface area contributed by atoms with Crippen LogP contribution in [0.25, 0.3) is 0 Å². The minimum atomic E-state index is -2.98. The molecule has 0 aromatic rings.